The topological polar surface area (TPSA) is 64.3 Å². The summed E-state index contributed by atoms with van der Waals surface area (Å²) < 4.78 is 0. The third-order valence-corrected chi connectivity index (χ3v) is 5.02. The van der Waals surface area contributed by atoms with Gasteiger partial charge in [-0.2, -0.15) is 0 Å². The number of urea groups is 1. The predicted molar refractivity (Wildman–Crippen MR) is 103 cm³/mol. The van der Waals surface area contributed by atoms with Crippen LogP contribution >= 0.6 is 11.6 Å². The van der Waals surface area contributed by atoms with Crippen molar-refractivity contribution in [3.05, 3.63) is 52.6 Å². The lowest BCUT2D eigenvalue weighted by molar-refractivity contribution is 0.194. The number of amides is 2. The number of aryl methyl sites for hydroxylation is 1. The molecular weight excluding hydrogens is 350 g/mol. The quantitative estimate of drug-likeness (QED) is 0.813. The van der Waals surface area contributed by atoms with E-state index in [2.05, 4.69) is 20.2 Å². The normalized spacial score (nSPS) is 15.8. The first-order valence-corrected chi connectivity index (χ1v) is 9.39. The molecule has 26 heavy (non-hydrogen) atoms. The molecule has 140 valence electrons. The average Bonchev–Trinajstić information content (AvgIpc) is 3.28. The number of aromatic nitrogens is 2. The largest absolute Gasteiger partial charge is 0.345 e. The first-order chi connectivity index (χ1) is 12.5. The second-order valence-electron chi connectivity index (χ2n) is 6.87. The fourth-order valence-electron chi connectivity index (χ4n) is 3.36. The molecule has 7 heteroatoms. The number of benzene rings is 1. The summed E-state index contributed by atoms with van der Waals surface area (Å²) in [7, 11) is 1.78. The number of hydrogen-bond acceptors (Lipinski definition) is 3. The Morgan fingerprint density at radius 1 is 1.35 bits per heavy atom. The summed E-state index contributed by atoms with van der Waals surface area (Å²) in [5.41, 5.74) is 2.17. The molecule has 0 aliphatic carbocycles. The van der Waals surface area contributed by atoms with E-state index in [1.165, 1.54) is 18.4 Å². The zero-order valence-electron chi connectivity index (χ0n) is 15.3. The third kappa shape index (κ3) is 4.77. The maximum absolute atomic E-state index is 12.5. The monoisotopic (exact) mass is 375 g/mol. The van der Waals surface area contributed by atoms with E-state index in [0.29, 0.717) is 13.1 Å². The Kier molecular flexibility index (Phi) is 6.16. The fraction of sp³-hybridized carbons (Fsp3) is 0.474. The van der Waals surface area contributed by atoms with Gasteiger partial charge in [0.2, 0.25) is 0 Å². The Hall–Kier alpha value is -2.05. The van der Waals surface area contributed by atoms with Gasteiger partial charge in [-0.15, -0.1) is 0 Å². The van der Waals surface area contributed by atoms with Crippen LogP contribution in [0.2, 0.25) is 5.02 Å². The van der Waals surface area contributed by atoms with E-state index in [4.69, 9.17) is 11.6 Å². The molecule has 1 aliphatic heterocycles. The second kappa shape index (κ2) is 8.56. The van der Waals surface area contributed by atoms with Gasteiger partial charge in [0, 0.05) is 30.5 Å². The molecule has 1 aliphatic rings. The highest BCUT2D eigenvalue weighted by atomic mass is 35.5. The zero-order valence-corrected chi connectivity index (χ0v) is 16.1. The number of carbonyl (C=O) groups is 1. The minimum Gasteiger partial charge on any atom is -0.345 e. The second-order valence-corrected chi connectivity index (χ2v) is 7.30. The Labute approximate surface area is 159 Å². The van der Waals surface area contributed by atoms with Gasteiger partial charge in [0.1, 0.15) is 5.82 Å². The van der Waals surface area contributed by atoms with E-state index >= 15 is 0 Å². The smallest absolute Gasteiger partial charge is 0.317 e. The lowest BCUT2D eigenvalue weighted by Gasteiger charge is -2.29. The number of H-pyrrole nitrogens is 1. The van der Waals surface area contributed by atoms with Crippen LogP contribution in [0.25, 0.3) is 0 Å². The zero-order chi connectivity index (χ0) is 18.5. The van der Waals surface area contributed by atoms with Crippen LogP contribution in [0.15, 0.2) is 30.5 Å². The Morgan fingerprint density at radius 3 is 2.65 bits per heavy atom. The molecule has 2 aromatic rings. The van der Waals surface area contributed by atoms with E-state index in [9.17, 15) is 4.79 Å². The molecule has 0 bridgehead atoms. The average molecular weight is 376 g/mol. The van der Waals surface area contributed by atoms with Gasteiger partial charge in [-0.1, -0.05) is 23.7 Å². The first kappa shape index (κ1) is 18.7. The van der Waals surface area contributed by atoms with Crippen LogP contribution in [-0.4, -0.2) is 52.5 Å². The standard InChI is InChI=1S/C19H26ClN5O/c1-14-11-21-18(23-14)13-24(2)19(26)22-12-17(25-9-3-4-10-25)15-5-7-16(20)8-6-15/h5-8,11,17H,3-4,9-10,12-13H2,1-2H3,(H,21,23)(H,22,26). The van der Waals surface area contributed by atoms with Crippen LogP contribution in [0, 0.1) is 6.92 Å². The summed E-state index contributed by atoms with van der Waals surface area (Å²) in [5, 5.41) is 3.80. The van der Waals surface area contributed by atoms with Gasteiger partial charge >= 0.3 is 6.03 Å². The van der Waals surface area contributed by atoms with Crippen LogP contribution in [0.5, 0.6) is 0 Å². The first-order valence-electron chi connectivity index (χ1n) is 9.02. The molecular formula is C19H26ClN5O. The maximum Gasteiger partial charge on any atom is 0.317 e. The number of carbonyl (C=O) groups excluding carboxylic acids is 1. The number of likely N-dealkylation sites (tertiary alicyclic amines) is 1. The molecule has 1 aromatic heterocycles. The highest BCUT2D eigenvalue weighted by Crippen LogP contribution is 2.25. The van der Waals surface area contributed by atoms with Gasteiger partial charge in [0.05, 0.1) is 12.6 Å². The molecule has 0 saturated carbocycles. The Morgan fingerprint density at radius 2 is 2.04 bits per heavy atom. The molecule has 6 nitrogen and oxygen atoms in total. The maximum atomic E-state index is 12.5. The lowest BCUT2D eigenvalue weighted by atomic mass is 10.1. The van der Waals surface area contributed by atoms with Gasteiger partial charge in [-0.3, -0.25) is 4.90 Å². The van der Waals surface area contributed by atoms with Crippen LogP contribution in [0.3, 0.4) is 0 Å². The molecule has 2 N–H and O–H groups in total. The highest BCUT2D eigenvalue weighted by Gasteiger charge is 2.24. The summed E-state index contributed by atoms with van der Waals surface area (Å²) >= 11 is 6.02. The number of nitrogens with zero attached hydrogens (tertiary/aromatic N) is 3. The van der Waals surface area contributed by atoms with Crippen LogP contribution < -0.4 is 5.32 Å². The molecule has 2 amide bonds. The van der Waals surface area contributed by atoms with Crippen molar-refractivity contribution in [1.82, 2.24) is 25.1 Å². The highest BCUT2D eigenvalue weighted by molar-refractivity contribution is 6.30. The third-order valence-electron chi connectivity index (χ3n) is 4.77. The van der Waals surface area contributed by atoms with E-state index in [-0.39, 0.29) is 12.1 Å². The summed E-state index contributed by atoms with van der Waals surface area (Å²) in [5.74, 6) is 0.786. The van der Waals surface area contributed by atoms with E-state index in [1.54, 1.807) is 18.1 Å². The number of nitrogens with one attached hydrogen (secondary N) is 2. The van der Waals surface area contributed by atoms with E-state index in [0.717, 1.165) is 29.6 Å². The van der Waals surface area contributed by atoms with Crippen molar-refractivity contribution in [2.75, 3.05) is 26.7 Å². The van der Waals surface area contributed by atoms with Gasteiger partial charge in [-0.05, 0) is 50.6 Å². The minimum absolute atomic E-state index is 0.0998. The van der Waals surface area contributed by atoms with Gasteiger partial charge in [-0.25, -0.2) is 9.78 Å². The fourth-order valence-corrected chi connectivity index (χ4v) is 3.48. The van der Waals surface area contributed by atoms with Crippen molar-refractivity contribution < 1.29 is 4.79 Å². The molecule has 1 aromatic carbocycles. The van der Waals surface area contributed by atoms with Crippen molar-refractivity contribution in [3.63, 3.8) is 0 Å². The van der Waals surface area contributed by atoms with Gasteiger partial charge < -0.3 is 15.2 Å². The van der Waals surface area contributed by atoms with Crippen molar-refractivity contribution in [2.24, 2.45) is 0 Å². The Bertz CT molecular complexity index is 724. The van der Waals surface area contributed by atoms with Gasteiger partial charge in [0.25, 0.3) is 0 Å². The Balaban J connectivity index is 1.61. The number of imidazole rings is 1. The number of aromatic amines is 1. The summed E-state index contributed by atoms with van der Waals surface area (Å²) in [6.45, 7) is 5.09. The predicted octanol–water partition coefficient (Wildman–Crippen LogP) is 3.35. The molecule has 1 unspecified atom stereocenters. The van der Waals surface area contributed by atoms with E-state index < -0.39 is 0 Å². The van der Waals surface area contributed by atoms with Crippen molar-refractivity contribution >= 4 is 17.6 Å². The number of halogens is 1. The molecule has 0 radical (unpaired) electrons. The summed E-state index contributed by atoms with van der Waals surface area (Å²) in [6, 6.07) is 7.98. The molecule has 2 heterocycles. The minimum atomic E-state index is -0.0998. The summed E-state index contributed by atoms with van der Waals surface area (Å²) in [6.07, 6.45) is 4.18. The van der Waals surface area contributed by atoms with Crippen molar-refractivity contribution in [2.45, 2.75) is 32.4 Å². The molecule has 1 fully saturated rings. The number of rotatable bonds is 6. The van der Waals surface area contributed by atoms with Gasteiger partial charge in [0.15, 0.2) is 0 Å². The van der Waals surface area contributed by atoms with Crippen LogP contribution in [0.1, 0.15) is 36.0 Å². The van der Waals surface area contributed by atoms with Crippen molar-refractivity contribution in [1.29, 1.82) is 0 Å². The number of hydrogen-bond donors (Lipinski definition) is 2. The lowest BCUT2D eigenvalue weighted by Crippen LogP contribution is -2.42. The molecule has 1 atom stereocenters. The van der Waals surface area contributed by atoms with Crippen LogP contribution in [0.4, 0.5) is 4.79 Å². The molecule has 1 saturated heterocycles. The van der Waals surface area contributed by atoms with Crippen LogP contribution in [-0.2, 0) is 6.54 Å². The molecule has 0 spiro atoms. The van der Waals surface area contributed by atoms with Crippen molar-refractivity contribution in [3.8, 4) is 0 Å². The SMILES string of the molecule is Cc1cnc(CN(C)C(=O)NCC(c2ccc(Cl)cc2)N2CCCC2)[nH]1. The van der Waals surface area contributed by atoms with E-state index in [1.807, 2.05) is 31.2 Å². The summed E-state index contributed by atoms with van der Waals surface area (Å²) in [4.78, 5) is 24.0. The molecule has 3 rings (SSSR count).